The molecule has 0 fully saturated rings. The third kappa shape index (κ3) is 2.22. The molecule has 0 amide bonds. The normalized spacial score (nSPS) is 29.3. The molecule has 0 aromatic heterocycles. The van der Waals surface area contributed by atoms with Gasteiger partial charge in [0, 0.05) is 19.3 Å². The van der Waals surface area contributed by atoms with Crippen LogP contribution in [0.1, 0.15) is 20.3 Å². The molecule has 4 nitrogen and oxygen atoms in total. The number of nitrogens with zero attached hydrogens (tertiary/aromatic N) is 1. The first-order valence-electron chi connectivity index (χ1n) is 4.05. The number of nitrogens with two attached hydrogens (primary N) is 1. The maximum atomic E-state index is 10.6. The number of amidine groups is 1. The smallest absolute Gasteiger partial charge is 0.302 e. The van der Waals surface area contributed by atoms with Gasteiger partial charge < -0.3 is 10.5 Å². The lowest BCUT2D eigenvalue weighted by atomic mass is 9.98. The van der Waals surface area contributed by atoms with Gasteiger partial charge in [-0.15, -0.1) is 0 Å². The zero-order chi connectivity index (χ0) is 9.14. The molecule has 0 aromatic carbocycles. The molecule has 12 heavy (non-hydrogen) atoms. The fourth-order valence-electron chi connectivity index (χ4n) is 1.28. The maximum Gasteiger partial charge on any atom is 0.302 e. The van der Waals surface area contributed by atoms with Gasteiger partial charge in [0.05, 0.1) is 12.4 Å². The fraction of sp³-hybridized carbons (Fsp3) is 0.750. The van der Waals surface area contributed by atoms with E-state index in [1.54, 1.807) is 0 Å². The minimum atomic E-state index is -0.248. The van der Waals surface area contributed by atoms with Crippen LogP contribution in [0, 0.1) is 5.92 Å². The zero-order valence-electron chi connectivity index (χ0n) is 7.41. The van der Waals surface area contributed by atoms with Gasteiger partial charge >= 0.3 is 5.97 Å². The van der Waals surface area contributed by atoms with E-state index in [2.05, 4.69) is 4.99 Å². The average Bonchev–Trinajstić information content (AvgIpc) is 1.94. The number of aliphatic imine (C=N–C) groups is 1. The lowest BCUT2D eigenvalue weighted by molar-refractivity contribution is -0.148. The minimum Gasteiger partial charge on any atom is -0.460 e. The molecule has 0 aliphatic carbocycles. The average molecular weight is 170 g/mol. The molecule has 1 unspecified atom stereocenters. The summed E-state index contributed by atoms with van der Waals surface area (Å²) in [7, 11) is 0. The van der Waals surface area contributed by atoms with Gasteiger partial charge in [-0.05, 0) is 0 Å². The van der Waals surface area contributed by atoms with E-state index in [1.165, 1.54) is 6.92 Å². The predicted molar refractivity (Wildman–Crippen MR) is 45.8 cm³/mol. The van der Waals surface area contributed by atoms with Crippen molar-refractivity contribution in [2.75, 3.05) is 6.54 Å². The Hall–Kier alpha value is -1.06. The summed E-state index contributed by atoms with van der Waals surface area (Å²) in [5.74, 6) is 0.694. The van der Waals surface area contributed by atoms with Crippen molar-refractivity contribution in [3.8, 4) is 0 Å². The van der Waals surface area contributed by atoms with Crippen LogP contribution in [0.2, 0.25) is 0 Å². The summed E-state index contributed by atoms with van der Waals surface area (Å²) in [6, 6.07) is 0. The molecular formula is C8H14N2O2. The summed E-state index contributed by atoms with van der Waals surface area (Å²) in [6.45, 7) is 3.93. The van der Waals surface area contributed by atoms with Crippen molar-refractivity contribution in [2.24, 2.45) is 16.6 Å². The second-order valence-electron chi connectivity index (χ2n) is 3.16. The monoisotopic (exact) mass is 170 g/mol. The first kappa shape index (κ1) is 9.03. The summed E-state index contributed by atoms with van der Waals surface area (Å²) < 4.78 is 5.05. The van der Waals surface area contributed by atoms with Gasteiger partial charge in [-0.1, -0.05) is 6.92 Å². The van der Waals surface area contributed by atoms with Crippen LogP contribution in [-0.2, 0) is 9.53 Å². The van der Waals surface area contributed by atoms with E-state index in [-0.39, 0.29) is 18.0 Å². The van der Waals surface area contributed by atoms with Gasteiger partial charge in [-0.2, -0.15) is 0 Å². The Balaban J connectivity index is 2.51. The van der Waals surface area contributed by atoms with Gasteiger partial charge in [0.2, 0.25) is 0 Å². The van der Waals surface area contributed by atoms with Crippen LogP contribution in [-0.4, -0.2) is 24.5 Å². The highest BCUT2D eigenvalue weighted by atomic mass is 16.5. The van der Waals surface area contributed by atoms with Crippen molar-refractivity contribution in [3.63, 3.8) is 0 Å². The van der Waals surface area contributed by atoms with Crippen molar-refractivity contribution >= 4 is 11.8 Å². The van der Waals surface area contributed by atoms with Crippen molar-refractivity contribution in [1.82, 2.24) is 0 Å². The van der Waals surface area contributed by atoms with E-state index in [0.717, 1.165) is 6.42 Å². The Morgan fingerprint density at radius 1 is 1.75 bits per heavy atom. The molecule has 68 valence electrons. The highest BCUT2D eigenvalue weighted by Gasteiger charge is 2.24. The molecule has 2 atom stereocenters. The van der Waals surface area contributed by atoms with E-state index in [1.807, 2.05) is 6.92 Å². The molecule has 1 aliphatic heterocycles. The second kappa shape index (κ2) is 3.56. The van der Waals surface area contributed by atoms with Gasteiger partial charge in [-0.25, -0.2) is 0 Å². The van der Waals surface area contributed by atoms with Gasteiger partial charge in [0.15, 0.2) is 0 Å². The van der Waals surface area contributed by atoms with Crippen LogP contribution in [0.4, 0.5) is 0 Å². The highest BCUT2D eigenvalue weighted by Crippen LogP contribution is 2.16. The Kier molecular flexibility index (Phi) is 2.68. The lowest BCUT2D eigenvalue weighted by Crippen LogP contribution is -2.35. The molecule has 0 saturated carbocycles. The standard InChI is InChI=1S/C8H14N2O2/c1-5-3-8(9)10-4-7(5)12-6(2)11/h5,7H,3-4H2,1-2H3,(H2,9,10)/t5-,7?/m1/s1. The summed E-state index contributed by atoms with van der Waals surface area (Å²) in [6.07, 6.45) is 0.632. The number of ether oxygens (including phenoxy) is 1. The van der Waals surface area contributed by atoms with Crippen LogP contribution < -0.4 is 5.73 Å². The van der Waals surface area contributed by atoms with Crippen LogP contribution in [0.15, 0.2) is 4.99 Å². The molecular weight excluding hydrogens is 156 g/mol. The van der Waals surface area contributed by atoms with Gasteiger partial charge in [-0.3, -0.25) is 9.79 Å². The van der Waals surface area contributed by atoms with E-state index in [4.69, 9.17) is 10.5 Å². The maximum absolute atomic E-state index is 10.6. The molecule has 0 aromatic rings. The number of esters is 1. The third-order valence-corrected chi connectivity index (χ3v) is 1.96. The molecule has 2 N–H and O–H groups in total. The van der Waals surface area contributed by atoms with E-state index in [9.17, 15) is 4.79 Å². The van der Waals surface area contributed by atoms with E-state index in [0.29, 0.717) is 12.4 Å². The molecule has 1 heterocycles. The summed E-state index contributed by atoms with van der Waals surface area (Å²) >= 11 is 0. The first-order chi connectivity index (χ1) is 5.59. The van der Waals surface area contributed by atoms with E-state index < -0.39 is 0 Å². The number of carbonyl (C=O) groups excluding carboxylic acids is 1. The minimum absolute atomic E-state index is 0.0881. The number of carbonyl (C=O) groups is 1. The van der Waals surface area contributed by atoms with Crippen LogP contribution in [0.3, 0.4) is 0 Å². The zero-order valence-corrected chi connectivity index (χ0v) is 7.41. The topological polar surface area (TPSA) is 64.7 Å². The molecule has 0 spiro atoms. The Labute approximate surface area is 71.8 Å². The van der Waals surface area contributed by atoms with Crippen molar-refractivity contribution < 1.29 is 9.53 Å². The van der Waals surface area contributed by atoms with Gasteiger partial charge in [0.1, 0.15) is 6.10 Å². The summed E-state index contributed by atoms with van der Waals surface area (Å²) in [4.78, 5) is 14.7. The summed E-state index contributed by atoms with van der Waals surface area (Å²) in [5, 5.41) is 0. The highest BCUT2D eigenvalue weighted by molar-refractivity contribution is 5.81. The predicted octanol–water partition coefficient (Wildman–Crippen LogP) is 0.315. The number of rotatable bonds is 1. The second-order valence-corrected chi connectivity index (χ2v) is 3.16. The quantitative estimate of drug-likeness (QED) is 0.576. The van der Waals surface area contributed by atoms with Crippen molar-refractivity contribution in [1.29, 1.82) is 0 Å². The Morgan fingerprint density at radius 3 is 2.92 bits per heavy atom. The van der Waals surface area contributed by atoms with Gasteiger partial charge in [0.25, 0.3) is 0 Å². The van der Waals surface area contributed by atoms with Crippen LogP contribution in [0.25, 0.3) is 0 Å². The van der Waals surface area contributed by atoms with Crippen molar-refractivity contribution in [2.45, 2.75) is 26.4 Å². The molecule has 0 saturated heterocycles. The van der Waals surface area contributed by atoms with E-state index >= 15 is 0 Å². The fourth-order valence-corrected chi connectivity index (χ4v) is 1.28. The molecule has 4 heteroatoms. The third-order valence-electron chi connectivity index (χ3n) is 1.96. The Morgan fingerprint density at radius 2 is 2.42 bits per heavy atom. The Bertz CT molecular complexity index is 213. The van der Waals surface area contributed by atoms with Crippen molar-refractivity contribution in [3.05, 3.63) is 0 Å². The van der Waals surface area contributed by atoms with Crippen LogP contribution in [0.5, 0.6) is 0 Å². The molecule has 1 rings (SSSR count). The SMILES string of the molecule is CC(=O)OC1CN=C(N)C[C@H]1C. The summed E-state index contributed by atoms with van der Waals surface area (Å²) in [5.41, 5.74) is 5.53. The largest absolute Gasteiger partial charge is 0.460 e. The number of hydrogen-bond donors (Lipinski definition) is 1. The molecule has 0 bridgehead atoms. The lowest BCUT2D eigenvalue weighted by Gasteiger charge is -2.25. The number of hydrogen-bond acceptors (Lipinski definition) is 4. The van der Waals surface area contributed by atoms with Crippen LogP contribution >= 0.6 is 0 Å². The first-order valence-corrected chi connectivity index (χ1v) is 4.05. The molecule has 0 radical (unpaired) electrons. The molecule has 1 aliphatic rings.